The first-order valence-corrected chi connectivity index (χ1v) is 9.16. The van der Waals surface area contributed by atoms with Crippen molar-refractivity contribution in [2.45, 2.75) is 78.5 Å². The molecule has 2 aliphatic rings. The Labute approximate surface area is 155 Å². The van der Waals surface area contributed by atoms with Gasteiger partial charge in [-0.2, -0.15) is 0 Å². The summed E-state index contributed by atoms with van der Waals surface area (Å²) in [7, 11) is 1.34. The highest BCUT2D eigenvalue weighted by Gasteiger charge is 2.57. The van der Waals surface area contributed by atoms with Crippen molar-refractivity contribution >= 4 is 18.0 Å². The summed E-state index contributed by atoms with van der Waals surface area (Å²) in [5, 5.41) is 2.71. The standard InChI is InChI=1S/C19H32N2O5/c1-17(2,3)13(20-16(24)26-18(4,5)6)14(22)21-11-19(8-9-19)10-12(21)15(23)25-7/h12-13H,8-11H2,1-7H3,(H,20,24)/t12-,13+/m0/s1. The zero-order valence-corrected chi connectivity index (χ0v) is 17.0. The summed E-state index contributed by atoms with van der Waals surface area (Å²) in [6.45, 7) is 11.5. The first-order chi connectivity index (χ1) is 11.8. The summed E-state index contributed by atoms with van der Waals surface area (Å²) in [6, 6.07) is -1.38. The fraction of sp³-hybridized carbons (Fsp3) is 0.842. The van der Waals surface area contributed by atoms with Crippen LogP contribution >= 0.6 is 0 Å². The van der Waals surface area contributed by atoms with E-state index in [2.05, 4.69) is 5.32 Å². The third-order valence-electron chi connectivity index (χ3n) is 5.00. The molecule has 0 bridgehead atoms. The maximum Gasteiger partial charge on any atom is 0.408 e. The van der Waals surface area contributed by atoms with E-state index < -0.39 is 35.2 Å². The van der Waals surface area contributed by atoms with Gasteiger partial charge in [0.15, 0.2) is 0 Å². The number of amides is 2. The average Bonchev–Trinajstić information content (AvgIpc) is 3.11. The SMILES string of the molecule is COC(=O)[C@@H]1CC2(CC2)CN1C(=O)[C@@H](NC(=O)OC(C)(C)C)C(C)(C)C. The zero-order chi connectivity index (χ0) is 19.9. The van der Waals surface area contributed by atoms with Crippen LogP contribution in [0.2, 0.25) is 0 Å². The van der Waals surface area contributed by atoms with Gasteiger partial charge >= 0.3 is 12.1 Å². The second-order valence-electron chi connectivity index (χ2n) is 9.65. The lowest BCUT2D eigenvalue weighted by Gasteiger charge is -2.35. The number of alkyl carbamates (subject to hydrolysis) is 1. The lowest BCUT2D eigenvalue weighted by molar-refractivity contribution is -0.152. The summed E-state index contributed by atoms with van der Waals surface area (Å²) in [4.78, 5) is 39.3. The van der Waals surface area contributed by atoms with Crippen molar-refractivity contribution < 1.29 is 23.9 Å². The van der Waals surface area contributed by atoms with E-state index in [0.717, 1.165) is 12.8 Å². The van der Waals surface area contributed by atoms with Gasteiger partial charge in [0.1, 0.15) is 17.7 Å². The summed E-state index contributed by atoms with van der Waals surface area (Å²) in [6.07, 6.45) is 2.03. The molecule has 26 heavy (non-hydrogen) atoms. The summed E-state index contributed by atoms with van der Waals surface area (Å²) in [5.74, 6) is -0.658. The quantitative estimate of drug-likeness (QED) is 0.774. The Morgan fingerprint density at radius 1 is 1.12 bits per heavy atom. The molecule has 0 aromatic rings. The van der Waals surface area contributed by atoms with Crippen LogP contribution in [-0.2, 0) is 19.1 Å². The van der Waals surface area contributed by atoms with Crippen molar-refractivity contribution in [2.24, 2.45) is 10.8 Å². The third kappa shape index (κ3) is 4.68. The number of carbonyl (C=O) groups is 3. The van der Waals surface area contributed by atoms with Gasteiger partial charge in [0.25, 0.3) is 0 Å². The molecule has 1 spiro atoms. The number of esters is 1. The molecule has 2 amide bonds. The number of nitrogens with one attached hydrogen (secondary N) is 1. The normalized spacial score (nSPS) is 22.7. The van der Waals surface area contributed by atoms with E-state index in [9.17, 15) is 14.4 Å². The molecule has 1 saturated carbocycles. The molecule has 1 aliphatic carbocycles. The smallest absolute Gasteiger partial charge is 0.408 e. The number of ether oxygens (including phenoxy) is 2. The highest BCUT2D eigenvalue weighted by Crippen LogP contribution is 2.55. The van der Waals surface area contributed by atoms with Crippen LogP contribution in [0.15, 0.2) is 0 Å². The van der Waals surface area contributed by atoms with E-state index in [1.165, 1.54) is 7.11 Å². The molecular weight excluding hydrogens is 336 g/mol. The largest absolute Gasteiger partial charge is 0.467 e. The topological polar surface area (TPSA) is 84.9 Å². The van der Waals surface area contributed by atoms with Gasteiger partial charge in [0.2, 0.25) is 5.91 Å². The molecule has 1 aliphatic heterocycles. The molecule has 2 rings (SSSR count). The number of likely N-dealkylation sites (tertiary alicyclic amines) is 1. The van der Waals surface area contributed by atoms with E-state index in [0.29, 0.717) is 13.0 Å². The molecule has 1 saturated heterocycles. The Hall–Kier alpha value is -1.79. The van der Waals surface area contributed by atoms with Gasteiger partial charge < -0.3 is 19.7 Å². The molecule has 0 radical (unpaired) electrons. The molecule has 148 valence electrons. The number of carbonyl (C=O) groups excluding carboxylic acids is 3. The van der Waals surface area contributed by atoms with Gasteiger partial charge in [-0.3, -0.25) is 4.79 Å². The predicted octanol–water partition coefficient (Wildman–Crippen LogP) is 2.48. The molecule has 1 N–H and O–H groups in total. The van der Waals surface area contributed by atoms with E-state index in [1.54, 1.807) is 25.7 Å². The van der Waals surface area contributed by atoms with Gasteiger partial charge in [-0.15, -0.1) is 0 Å². The lowest BCUT2D eigenvalue weighted by Crippen LogP contribution is -2.57. The number of methoxy groups -OCH3 is 1. The monoisotopic (exact) mass is 368 g/mol. The maximum atomic E-state index is 13.3. The van der Waals surface area contributed by atoms with Crippen LogP contribution in [0.5, 0.6) is 0 Å². The Morgan fingerprint density at radius 2 is 1.69 bits per heavy atom. The molecule has 7 heteroatoms. The zero-order valence-electron chi connectivity index (χ0n) is 17.0. The van der Waals surface area contributed by atoms with Crippen LogP contribution in [0.4, 0.5) is 4.79 Å². The number of nitrogens with zero attached hydrogens (tertiary/aromatic N) is 1. The Balaban J connectivity index is 2.20. The minimum Gasteiger partial charge on any atom is -0.467 e. The number of hydrogen-bond acceptors (Lipinski definition) is 5. The van der Waals surface area contributed by atoms with Crippen LogP contribution in [0.3, 0.4) is 0 Å². The van der Waals surface area contributed by atoms with Crippen LogP contribution in [0, 0.1) is 10.8 Å². The molecule has 0 unspecified atom stereocenters. The molecule has 2 fully saturated rings. The maximum absolute atomic E-state index is 13.3. The van der Waals surface area contributed by atoms with E-state index in [1.807, 2.05) is 20.8 Å². The van der Waals surface area contributed by atoms with Crippen LogP contribution < -0.4 is 5.32 Å². The van der Waals surface area contributed by atoms with Crippen LogP contribution in [0.1, 0.15) is 60.8 Å². The van der Waals surface area contributed by atoms with E-state index in [4.69, 9.17) is 9.47 Å². The second kappa shape index (κ2) is 6.74. The summed E-state index contributed by atoms with van der Waals surface area (Å²) in [5.41, 5.74) is -1.15. The highest BCUT2D eigenvalue weighted by atomic mass is 16.6. The van der Waals surface area contributed by atoms with Crippen molar-refractivity contribution in [1.29, 1.82) is 0 Å². The first kappa shape index (κ1) is 20.5. The molecule has 7 nitrogen and oxygen atoms in total. The van der Waals surface area contributed by atoms with Gasteiger partial charge in [0.05, 0.1) is 7.11 Å². The first-order valence-electron chi connectivity index (χ1n) is 9.16. The number of rotatable bonds is 3. The Morgan fingerprint density at radius 3 is 2.12 bits per heavy atom. The molecular formula is C19H32N2O5. The van der Waals surface area contributed by atoms with Crippen molar-refractivity contribution in [3.63, 3.8) is 0 Å². The fourth-order valence-electron chi connectivity index (χ4n) is 3.41. The van der Waals surface area contributed by atoms with E-state index in [-0.39, 0.29) is 11.3 Å². The molecule has 2 atom stereocenters. The van der Waals surface area contributed by atoms with Crippen LogP contribution in [0.25, 0.3) is 0 Å². The summed E-state index contributed by atoms with van der Waals surface area (Å²) < 4.78 is 10.2. The van der Waals surface area contributed by atoms with E-state index >= 15 is 0 Å². The van der Waals surface area contributed by atoms with Gasteiger partial charge in [-0.25, -0.2) is 9.59 Å². The second-order valence-corrected chi connectivity index (χ2v) is 9.65. The Bertz CT molecular complexity index is 584. The van der Waals surface area contributed by atoms with Gasteiger partial charge in [-0.05, 0) is 50.9 Å². The van der Waals surface area contributed by atoms with Crippen molar-refractivity contribution in [2.75, 3.05) is 13.7 Å². The number of hydrogen-bond donors (Lipinski definition) is 1. The van der Waals surface area contributed by atoms with Gasteiger partial charge in [-0.1, -0.05) is 20.8 Å². The Kier molecular flexibility index (Phi) is 5.32. The lowest BCUT2D eigenvalue weighted by atomic mass is 9.85. The highest BCUT2D eigenvalue weighted by molar-refractivity contribution is 5.91. The molecule has 1 heterocycles. The minimum absolute atomic E-state index is 0.0445. The molecule has 0 aromatic heterocycles. The van der Waals surface area contributed by atoms with Crippen LogP contribution in [-0.4, -0.2) is 54.2 Å². The average molecular weight is 368 g/mol. The summed E-state index contributed by atoms with van der Waals surface area (Å²) >= 11 is 0. The van der Waals surface area contributed by atoms with Crippen molar-refractivity contribution in [3.8, 4) is 0 Å². The fourth-order valence-corrected chi connectivity index (χ4v) is 3.41. The third-order valence-corrected chi connectivity index (χ3v) is 5.00. The molecule has 0 aromatic carbocycles. The minimum atomic E-state index is -0.793. The van der Waals surface area contributed by atoms with Gasteiger partial charge in [0, 0.05) is 6.54 Å². The van der Waals surface area contributed by atoms with Crippen molar-refractivity contribution in [3.05, 3.63) is 0 Å². The predicted molar refractivity (Wildman–Crippen MR) is 96.4 cm³/mol. The van der Waals surface area contributed by atoms with Crippen molar-refractivity contribution in [1.82, 2.24) is 10.2 Å².